The zero-order valence-corrected chi connectivity index (χ0v) is 14.2. The number of ether oxygens (including phenoxy) is 3. The van der Waals surface area contributed by atoms with E-state index in [1.165, 1.54) is 0 Å². The van der Waals surface area contributed by atoms with E-state index in [-0.39, 0.29) is 5.91 Å². The lowest BCUT2D eigenvalue weighted by Crippen LogP contribution is -2.40. The van der Waals surface area contributed by atoms with Crippen LogP contribution in [0.4, 0.5) is 11.6 Å². The number of aromatic nitrogens is 2. The Kier molecular flexibility index (Phi) is 5.30. The average molecular weight is 344 g/mol. The molecule has 0 aliphatic carbocycles. The van der Waals surface area contributed by atoms with Crippen LogP contribution in [0.2, 0.25) is 0 Å². The van der Waals surface area contributed by atoms with Crippen LogP contribution in [-0.4, -0.2) is 61.3 Å². The lowest BCUT2D eigenvalue weighted by molar-refractivity contribution is 0.0302. The molecule has 1 fully saturated rings. The fourth-order valence-electron chi connectivity index (χ4n) is 2.51. The van der Waals surface area contributed by atoms with E-state index in [4.69, 9.17) is 14.2 Å². The Bertz CT molecular complexity index is 747. The van der Waals surface area contributed by atoms with Crippen LogP contribution in [0, 0.1) is 0 Å². The second-order valence-corrected chi connectivity index (χ2v) is 5.37. The number of nitrogens with one attached hydrogen (secondary N) is 1. The van der Waals surface area contributed by atoms with E-state index in [0.717, 1.165) is 0 Å². The molecule has 0 spiro atoms. The molecule has 2 aromatic rings. The molecule has 1 aliphatic heterocycles. The Morgan fingerprint density at radius 2 is 2.00 bits per heavy atom. The first kappa shape index (κ1) is 17.0. The topological polar surface area (TPSA) is 85.8 Å². The van der Waals surface area contributed by atoms with Gasteiger partial charge in [-0.25, -0.2) is 4.98 Å². The maximum Gasteiger partial charge on any atom is 0.254 e. The summed E-state index contributed by atoms with van der Waals surface area (Å²) in [6, 6.07) is 6.89. The van der Waals surface area contributed by atoms with Crippen molar-refractivity contribution in [3.05, 3.63) is 36.0 Å². The van der Waals surface area contributed by atoms with E-state index in [1.54, 1.807) is 49.6 Å². The molecule has 3 rings (SSSR count). The first-order chi connectivity index (χ1) is 12.2. The van der Waals surface area contributed by atoms with Crippen LogP contribution in [0.15, 0.2) is 30.5 Å². The monoisotopic (exact) mass is 344 g/mol. The third-order valence-corrected chi connectivity index (χ3v) is 3.83. The molecule has 0 saturated carbocycles. The van der Waals surface area contributed by atoms with Crippen LogP contribution in [0.3, 0.4) is 0 Å². The zero-order chi connectivity index (χ0) is 17.6. The lowest BCUT2D eigenvalue weighted by atomic mass is 10.1. The predicted molar refractivity (Wildman–Crippen MR) is 91.6 cm³/mol. The maximum atomic E-state index is 12.6. The minimum Gasteiger partial charge on any atom is -0.495 e. The molecule has 0 unspecified atom stereocenters. The first-order valence-electron chi connectivity index (χ1n) is 7.90. The minimum absolute atomic E-state index is 0.0363. The quantitative estimate of drug-likeness (QED) is 0.883. The summed E-state index contributed by atoms with van der Waals surface area (Å²) in [5.74, 6) is 1.33. The van der Waals surface area contributed by atoms with Crippen molar-refractivity contribution < 1.29 is 19.0 Å². The molecule has 1 saturated heterocycles. The standard InChI is InChI=1S/C17H20N4O4/c1-23-14-11-12(16(22)21-7-9-25-10-8-21)3-4-13(14)19-17-18-6-5-15(20-17)24-2/h3-6,11H,7-10H2,1-2H3,(H,18,19,20). The Morgan fingerprint density at radius 3 is 2.72 bits per heavy atom. The van der Waals surface area contributed by atoms with Gasteiger partial charge >= 0.3 is 0 Å². The fraction of sp³-hybridized carbons (Fsp3) is 0.353. The van der Waals surface area contributed by atoms with Gasteiger partial charge in [-0.3, -0.25) is 4.79 Å². The van der Waals surface area contributed by atoms with E-state index in [9.17, 15) is 4.79 Å². The average Bonchev–Trinajstić information content (AvgIpc) is 2.68. The molecule has 1 aromatic heterocycles. The number of nitrogens with zero attached hydrogens (tertiary/aromatic N) is 3. The summed E-state index contributed by atoms with van der Waals surface area (Å²) in [4.78, 5) is 22.7. The normalized spacial score (nSPS) is 14.1. The Balaban J connectivity index is 1.80. The van der Waals surface area contributed by atoms with Crippen LogP contribution in [0.1, 0.15) is 10.4 Å². The van der Waals surface area contributed by atoms with Gasteiger partial charge < -0.3 is 24.4 Å². The van der Waals surface area contributed by atoms with Crippen molar-refractivity contribution in [2.75, 3.05) is 45.8 Å². The second-order valence-electron chi connectivity index (χ2n) is 5.37. The summed E-state index contributed by atoms with van der Waals surface area (Å²) in [6.07, 6.45) is 1.59. The number of anilines is 2. The molecule has 1 amide bonds. The summed E-state index contributed by atoms with van der Waals surface area (Å²) in [6.45, 7) is 2.32. The van der Waals surface area contributed by atoms with E-state index in [1.807, 2.05) is 0 Å². The number of hydrogen-bond donors (Lipinski definition) is 1. The zero-order valence-electron chi connectivity index (χ0n) is 14.2. The van der Waals surface area contributed by atoms with Crippen molar-refractivity contribution in [2.45, 2.75) is 0 Å². The van der Waals surface area contributed by atoms with Gasteiger partial charge in [-0.15, -0.1) is 0 Å². The van der Waals surface area contributed by atoms with Gasteiger partial charge in [-0.1, -0.05) is 0 Å². The molecular weight excluding hydrogens is 324 g/mol. The van der Waals surface area contributed by atoms with Gasteiger partial charge in [0.25, 0.3) is 5.91 Å². The van der Waals surface area contributed by atoms with Crippen molar-refractivity contribution in [2.24, 2.45) is 0 Å². The smallest absolute Gasteiger partial charge is 0.254 e. The Labute approximate surface area is 145 Å². The highest BCUT2D eigenvalue weighted by Crippen LogP contribution is 2.28. The van der Waals surface area contributed by atoms with Crippen LogP contribution < -0.4 is 14.8 Å². The Hall–Kier alpha value is -2.87. The van der Waals surface area contributed by atoms with Crippen LogP contribution in [0.5, 0.6) is 11.6 Å². The number of amides is 1. The first-order valence-corrected chi connectivity index (χ1v) is 7.90. The van der Waals surface area contributed by atoms with E-state index >= 15 is 0 Å². The maximum absolute atomic E-state index is 12.6. The molecule has 1 N–H and O–H groups in total. The van der Waals surface area contributed by atoms with Crippen molar-refractivity contribution in [1.29, 1.82) is 0 Å². The highest BCUT2D eigenvalue weighted by molar-refractivity contribution is 5.95. The van der Waals surface area contributed by atoms with Gasteiger partial charge in [0.15, 0.2) is 0 Å². The lowest BCUT2D eigenvalue weighted by Gasteiger charge is -2.27. The number of carbonyl (C=O) groups excluding carboxylic acids is 1. The summed E-state index contributed by atoms with van der Waals surface area (Å²) in [5.41, 5.74) is 1.23. The molecule has 25 heavy (non-hydrogen) atoms. The summed E-state index contributed by atoms with van der Waals surface area (Å²) >= 11 is 0. The summed E-state index contributed by atoms with van der Waals surface area (Å²) in [7, 11) is 3.09. The minimum atomic E-state index is -0.0363. The van der Waals surface area contributed by atoms with Crippen molar-refractivity contribution in [3.63, 3.8) is 0 Å². The highest BCUT2D eigenvalue weighted by Gasteiger charge is 2.20. The largest absolute Gasteiger partial charge is 0.495 e. The van der Waals surface area contributed by atoms with E-state index in [2.05, 4.69) is 15.3 Å². The Morgan fingerprint density at radius 1 is 1.20 bits per heavy atom. The molecule has 2 heterocycles. The molecule has 1 aromatic carbocycles. The molecule has 0 bridgehead atoms. The van der Waals surface area contributed by atoms with Crippen molar-refractivity contribution in [3.8, 4) is 11.6 Å². The van der Waals surface area contributed by atoms with Crippen molar-refractivity contribution in [1.82, 2.24) is 14.9 Å². The van der Waals surface area contributed by atoms with Gasteiger partial charge in [0, 0.05) is 30.9 Å². The third kappa shape index (κ3) is 3.97. The van der Waals surface area contributed by atoms with E-state index < -0.39 is 0 Å². The van der Waals surface area contributed by atoms with Gasteiger partial charge in [-0.05, 0) is 18.2 Å². The number of rotatable bonds is 5. The molecule has 132 valence electrons. The number of morpholine rings is 1. The SMILES string of the molecule is COc1ccnc(Nc2ccc(C(=O)N3CCOCC3)cc2OC)n1. The highest BCUT2D eigenvalue weighted by atomic mass is 16.5. The van der Waals surface area contributed by atoms with Crippen LogP contribution in [0.25, 0.3) is 0 Å². The molecule has 0 atom stereocenters. The summed E-state index contributed by atoms with van der Waals surface area (Å²) < 4.78 is 15.8. The molecule has 8 nitrogen and oxygen atoms in total. The fourth-order valence-corrected chi connectivity index (χ4v) is 2.51. The number of hydrogen-bond acceptors (Lipinski definition) is 7. The summed E-state index contributed by atoms with van der Waals surface area (Å²) in [5, 5.41) is 3.07. The molecule has 8 heteroatoms. The van der Waals surface area contributed by atoms with Gasteiger partial charge in [0.05, 0.1) is 33.1 Å². The molecule has 0 radical (unpaired) electrons. The van der Waals surface area contributed by atoms with Crippen LogP contribution in [-0.2, 0) is 4.74 Å². The van der Waals surface area contributed by atoms with E-state index in [0.29, 0.717) is 55.1 Å². The van der Waals surface area contributed by atoms with Gasteiger partial charge in [0.1, 0.15) is 5.75 Å². The molecule has 1 aliphatic rings. The third-order valence-electron chi connectivity index (χ3n) is 3.83. The second kappa shape index (κ2) is 7.80. The van der Waals surface area contributed by atoms with Crippen molar-refractivity contribution >= 4 is 17.5 Å². The number of benzene rings is 1. The molecular formula is C17H20N4O4. The predicted octanol–water partition coefficient (Wildman–Crippen LogP) is 1.71. The number of carbonyl (C=O) groups is 1. The van der Waals surface area contributed by atoms with Crippen LogP contribution >= 0.6 is 0 Å². The van der Waals surface area contributed by atoms with Gasteiger partial charge in [0.2, 0.25) is 11.8 Å². The number of methoxy groups -OCH3 is 2. The van der Waals surface area contributed by atoms with Gasteiger partial charge in [-0.2, -0.15) is 4.98 Å².